The summed E-state index contributed by atoms with van der Waals surface area (Å²) in [7, 11) is 0. The van der Waals surface area contributed by atoms with Crippen LogP contribution in [0.15, 0.2) is 31.0 Å². The Hall–Kier alpha value is -2.17. The maximum Gasteiger partial charge on any atom is 0.310 e. The smallest absolute Gasteiger partial charge is 0.310 e. The lowest BCUT2D eigenvalue weighted by molar-refractivity contribution is -0.143. The first-order valence-electron chi connectivity index (χ1n) is 5.56. The fourth-order valence-corrected chi connectivity index (χ4v) is 1.56. The number of carbonyl (C=O) groups excluding carboxylic acids is 1. The molecule has 0 fully saturated rings. The molecule has 0 atom stereocenters. The summed E-state index contributed by atoms with van der Waals surface area (Å²) in [5.41, 5.74) is 0.828. The average molecular weight is 250 g/mol. The molecule has 0 saturated heterocycles. The largest absolute Gasteiger partial charge is 0.498 e. The molecule has 0 radical (unpaired) electrons. The summed E-state index contributed by atoms with van der Waals surface area (Å²) in [6.45, 7) is 4.15. The molecule has 0 bridgehead atoms. The summed E-state index contributed by atoms with van der Waals surface area (Å²) < 4.78 is 20.2. The molecular weight excluding hydrogens is 236 g/mol. The fraction of sp³-hybridized carbons (Fsp3) is 0.308. The van der Waals surface area contributed by atoms with Crippen LogP contribution in [0.25, 0.3) is 0 Å². The number of rotatable bonds is 6. The normalized spacial score (nSPS) is 12.0. The van der Waals surface area contributed by atoms with Crippen molar-refractivity contribution in [2.75, 3.05) is 20.0 Å². The van der Waals surface area contributed by atoms with Crippen LogP contribution < -0.4 is 9.47 Å². The first-order valence-corrected chi connectivity index (χ1v) is 5.56. The Balaban J connectivity index is 1.82. The van der Waals surface area contributed by atoms with E-state index in [-0.39, 0.29) is 25.8 Å². The first kappa shape index (κ1) is 12.3. The van der Waals surface area contributed by atoms with Gasteiger partial charge in [0.2, 0.25) is 6.79 Å². The molecule has 0 aliphatic carbocycles. The minimum atomic E-state index is -0.304. The van der Waals surface area contributed by atoms with E-state index >= 15 is 0 Å². The lowest BCUT2D eigenvalue weighted by Crippen LogP contribution is -2.11. The summed E-state index contributed by atoms with van der Waals surface area (Å²) in [5.74, 6) is 1.06. The van der Waals surface area contributed by atoms with Gasteiger partial charge in [-0.1, -0.05) is 12.6 Å². The van der Waals surface area contributed by atoms with Gasteiger partial charge in [-0.25, -0.2) is 0 Å². The maximum absolute atomic E-state index is 11.5. The molecule has 1 aromatic rings. The van der Waals surface area contributed by atoms with Crippen molar-refractivity contribution in [3.8, 4) is 11.5 Å². The predicted molar refractivity (Wildman–Crippen MR) is 63.4 cm³/mol. The van der Waals surface area contributed by atoms with Gasteiger partial charge in [0, 0.05) is 0 Å². The van der Waals surface area contributed by atoms with Gasteiger partial charge in [-0.2, -0.15) is 0 Å². The topological polar surface area (TPSA) is 54.0 Å². The average Bonchev–Trinajstić information content (AvgIpc) is 2.82. The quantitative estimate of drug-likeness (QED) is 0.436. The highest BCUT2D eigenvalue weighted by atomic mass is 16.7. The second kappa shape index (κ2) is 5.95. The Morgan fingerprint density at radius 3 is 3.00 bits per heavy atom. The van der Waals surface area contributed by atoms with Crippen LogP contribution in [0.2, 0.25) is 0 Å². The minimum Gasteiger partial charge on any atom is -0.498 e. The van der Waals surface area contributed by atoms with E-state index in [0.717, 1.165) is 5.56 Å². The van der Waals surface area contributed by atoms with Gasteiger partial charge in [0.25, 0.3) is 0 Å². The van der Waals surface area contributed by atoms with Crippen molar-refractivity contribution in [1.29, 1.82) is 0 Å². The van der Waals surface area contributed by atoms with Crippen LogP contribution in [0.5, 0.6) is 11.5 Å². The second-order valence-corrected chi connectivity index (χ2v) is 3.62. The van der Waals surface area contributed by atoms with Gasteiger partial charge in [-0.15, -0.1) is 0 Å². The van der Waals surface area contributed by atoms with E-state index in [1.54, 1.807) is 12.1 Å². The number of hydrogen-bond donors (Lipinski definition) is 0. The Kier molecular flexibility index (Phi) is 4.06. The number of hydrogen-bond acceptors (Lipinski definition) is 5. The Morgan fingerprint density at radius 1 is 1.33 bits per heavy atom. The van der Waals surface area contributed by atoms with Crippen LogP contribution in [0.1, 0.15) is 5.56 Å². The molecule has 0 N–H and O–H groups in total. The molecule has 18 heavy (non-hydrogen) atoms. The third-order valence-corrected chi connectivity index (χ3v) is 2.37. The second-order valence-electron chi connectivity index (χ2n) is 3.62. The van der Waals surface area contributed by atoms with Crippen molar-refractivity contribution in [3.05, 3.63) is 36.6 Å². The van der Waals surface area contributed by atoms with Crippen molar-refractivity contribution in [2.45, 2.75) is 6.42 Å². The molecule has 5 heteroatoms. The lowest BCUT2D eigenvalue weighted by Gasteiger charge is -2.05. The van der Waals surface area contributed by atoms with E-state index in [4.69, 9.17) is 18.9 Å². The zero-order valence-electron chi connectivity index (χ0n) is 9.89. The summed E-state index contributed by atoms with van der Waals surface area (Å²) in [4.78, 5) is 11.5. The third kappa shape index (κ3) is 3.16. The van der Waals surface area contributed by atoms with Gasteiger partial charge in [0.1, 0.15) is 13.2 Å². The summed E-state index contributed by atoms with van der Waals surface area (Å²) in [5, 5.41) is 0. The molecule has 0 spiro atoms. The van der Waals surface area contributed by atoms with E-state index in [1.807, 2.05) is 6.07 Å². The zero-order chi connectivity index (χ0) is 12.8. The van der Waals surface area contributed by atoms with Crippen LogP contribution in [0.4, 0.5) is 0 Å². The van der Waals surface area contributed by atoms with Crippen LogP contribution in [0.3, 0.4) is 0 Å². The third-order valence-electron chi connectivity index (χ3n) is 2.37. The molecule has 5 nitrogen and oxygen atoms in total. The molecule has 1 aliphatic rings. The highest BCUT2D eigenvalue weighted by Gasteiger charge is 2.14. The van der Waals surface area contributed by atoms with Crippen LogP contribution in [-0.4, -0.2) is 26.0 Å². The van der Waals surface area contributed by atoms with Crippen LogP contribution >= 0.6 is 0 Å². The minimum absolute atomic E-state index is 0.199. The first-order chi connectivity index (χ1) is 8.79. The number of carbonyl (C=O) groups is 1. The van der Waals surface area contributed by atoms with Gasteiger partial charge in [0.15, 0.2) is 11.5 Å². The molecular formula is C13H14O5. The van der Waals surface area contributed by atoms with Gasteiger partial charge >= 0.3 is 5.97 Å². The maximum atomic E-state index is 11.5. The summed E-state index contributed by atoms with van der Waals surface area (Å²) in [6, 6.07) is 5.38. The molecule has 96 valence electrons. The molecule has 1 heterocycles. The number of fused-ring (bicyclic) bond motifs is 1. The van der Waals surface area contributed by atoms with Crippen molar-refractivity contribution >= 4 is 5.97 Å². The molecule has 0 saturated carbocycles. The van der Waals surface area contributed by atoms with Crippen LogP contribution in [-0.2, 0) is 20.7 Å². The molecule has 1 aromatic carbocycles. The van der Waals surface area contributed by atoms with Crippen molar-refractivity contribution in [3.63, 3.8) is 0 Å². The molecule has 0 aromatic heterocycles. The Labute approximate surface area is 105 Å². The number of esters is 1. The van der Waals surface area contributed by atoms with Crippen LogP contribution in [0, 0.1) is 0 Å². The van der Waals surface area contributed by atoms with Gasteiger partial charge in [-0.3, -0.25) is 4.79 Å². The lowest BCUT2D eigenvalue weighted by atomic mass is 10.1. The molecule has 2 rings (SSSR count). The standard InChI is InChI=1S/C13H14O5/c1-2-15-5-6-16-13(14)8-10-3-4-11-12(7-10)18-9-17-11/h2-4,7H,1,5-6,8-9H2. The molecule has 0 unspecified atom stereocenters. The van der Waals surface area contributed by atoms with Gasteiger partial charge < -0.3 is 18.9 Å². The van der Waals surface area contributed by atoms with E-state index in [9.17, 15) is 4.79 Å². The van der Waals surface area contributed by atoms with Gasteiger partial charge in [-0.05, 0) is 17.7 Å². The van der Waals surface area contributed by atoms with Crippen molar-refractivity contribution in [1.82, 2.24) is 0 Å². The SMILES string of the molecule is C=COCCOC(=O)Cc1ccc2c(c1)OCO2. The monoisotopic (exact) mass is 250 g/mol. The summed E-state index contributed by atoms with van der Waals surface area (Å²) >= 11 is 0. The number of ether oxygens (including phenoxy) is 4. The van der Waals surface area contributed by atoms with E-state index < -0.39 is 0 Å². The molecule has 1 aliphatic heterocycles. The van der Waals surface area contributed by atoms with E-state index in [2.05, 4.69) is 6.58 Å². The Bertz CT molecular complexity index is 441. The molecule has 0 amide bonds. The van der Waals surface area contributed by atoms with E-state index in [0.29, 0.717) is 18.1 Å². The number of benzene rings is 1. The summed E-state index contributed by atoms with van der Waals surface area (Å²) in [6.07, 6.45) is 1.51. The predicted octanol–water partition coefficient (Wildman–Crippen LogP) is 1.66. The van der Waals surface area contributed by atoms with E-state index in [1.165, 1.54) is 6.26 Å². The van der Waals surface area contributed by atoms with Crippen molar-refractivity contribution < 1.29 is 23.7 Å². The highest BCUT2D eigenvalue weighted by Crippen LogP contribution is 2.32. The fourth-order valence-electron chi connectivity index (χ4n) is 1.56. The zero-order valence-corrected chi connectivity index (χ0v) is 9.89. The Morgan fingerprint density at radius 2 is 2.17 bits per heavy atom. The highest BCUT2D eigenvalue weighted by molar-refractivity contribution is 5.73. The van der Waals surface area contributed by atoms with Gasteiger partial charge in [0.05, 0.1) is 12.7 Å². The van der Waals surface area contributed by atoms with Crippen molar-refractivity contribution in [2.24, 2.45) is 0 Å².